The molecule has 0 aliphatic carbocycles. The number of aromatic nitrogens is 4. The zero-order valence-corrected chi connectivity index (χ0v) is 17.4. The fraction of sp³-hybridized carbons (Fsp3) is 0.429. The van der Waals surface area contributed by atoms with E-state index < -0.39 is 11.3 Å². The number of hydrogen-bond donors (Lipinski definition) is 2. The third-order valence-corrected chi connectivity index (χ3v) is 4.91. The lowest BCUT2D eigenvalue weighted by Crippen LogP contribution is -2.36. The molecule has 3 aromatic rings. The van der Waals surface area contributed by atoms with Crippen molar-refractivity contribution in [3.63, 3.8) is 0 Å². The number of amides is 1. The van der Waals surface area contributed by atoms with Crippen molar-refractivity contribution < 1.29 is 14.3 Å². The predicted octanol–water partition coefficient (Wildman–Crippen LogP) is 2.95. The lowest BCUT2D eigenvalue weighted by Gasteiger charge is -2.24. The number of nitrogens with one attached hydrogen (secondary N) is 2. The molecule has 30 heavy (non-hydrogen) atoms. The van der Waals surface area contributed by atoms with Crippen LogP contribution in [0.25, 0.3) is 22.3 Å². The Labute approximate surface area is 173 Å². The molecule has 3 heterocycles. The highest BCUT2D eigenvalue weighted by molar-refractivity contribution is 5.89. The second kappa shape index (κ2) is 7.47. The Morgan fingerprint density at radius 1 is 1.23 bits per heavy atom. The molecule has 0 bridgehead atoms. The second-order valence-corrected chi connectivity index (χ2v) is 8.58. The highest BCUT2D eigenvalue weighted by Crippen LogP contribution is 2.31. The topological polar surface area (TPSA) is 113 Å². The van der Waals surface area contributed by atoms with Crippen molar-refractivity contribution in [3.8, 4) is 17.4 Å². The maximum Gasteiger partial charge on any atom is 0.410 e. The van der Waals surface area contributed by atoms with Crippen LogP contribution in [0.2, 0.25) is 0 Å². The molecule has 1 aromatic carbocycles. The first kappa shape index (κ1) is 19.9. The van der Waals surface area contributed by atoms with Gasteiger partial charge in [-0.05, 0) is 38.3 Å². The summed E-state index contributed by atoms with van der Waals surface area (Å²) >= 11 is 0. The summed E-state index contributed by atoms with van der Waals surface area (Å²) in [7, 11) is 0. The Kier molecular flexibility index (Phi) is 4.97. The van der Waals surface area contributed by atoms with Gasteiger partial charge in [-0.25, -0.2) is 19.7 Å². The first-order valence-electron chi connectivity index (χ1n) is 9.89. The average molecular weight is 411 g/mol. The van der Waals surface area contributed by atoms with E-state index in [0.29, 0.717) is 30.5 Å². The molecule has 2 atom stereocenters. The monoisotopic (exact) mass is 411 g/mol. The normalized spacial score (nSPS) is 19.3. The van der Waals surface area contributed by atoms with Gasteiger partial charge in [-0.2, -0.15) is 5.10 Å². The Hall–Kier alpha value is -3.36. The van der Waals surface area contributed by atoms with E-state index in [-0.39, 0.29) is 18.1 Å². The number of pyridine rings is 1. The number of nitrogens with zero attached hydrogens (tertiary/aromatic N) is 3. The molecule has 2 N–H and O–H groups in total. The molecule has 4 rings (SSSR count). The van der Waals surface area contributed by atoms with Crippen LogP contribution in [-0.2, 0) is 4.74 Å². The number of hydrogen-bond acceptors (Lipinski definition) is 6. The van der Waals surface area contributed by atoms with Gasteiger partial charge in [0.15, 0.2) is 5.82 Å². The van der Waals surface area contributed by atoms with E-state index in [1.165, 1.54) is 0 Å². The van der Waals surface area contributed by atoms with Crippen molar-refractivity contribution >= 4 is 16.9 Å². The number of aromatic amines is 2. The molecule has 0 spiro atoms. The largest absolute Gasteiger partial charge is 0.472 e. The van der Waals surface area contributed by atoms with Crippen LogP contribution >= 0.6 is 0 Å². The van der Waals surface area contributed by atoms with Crippen LogP contribution in [-0.4, -0.2) is 56.0 Å². The van der Waals surface area contributed by atoms with E-state index in [9.17, 15) is 9.59 Å². The summed E-state index contributed by atoms with van der Waals surface area (Å²) in [5.74, 6) is 0.882. The zero-order valence-electron chi connectivity index (χ0n) is 17.4. The van der Waals surface area contributed by atoms with Crippen molar-refractivity contribution in [1.29, 1.82) is 0 Å². The Bertz CT molecular complexity index is 1130. The van der Waals surface area contributed by atoms with Gasteiger partial charge in [-0.15, -0.1) is 0 Å². The molecule has 9 heteroatoms. The molecule has 0 saturated carbocycles. The first-order valence-corrected chi connectivity index (χ1v) is 9.89. The van der Waals surface area contributed by atoms with Crippen LogP contribution in [0.5, 0.6) is 5.88 Å². The molecule has 1 fully saturated rings. The van der Waals surface area contributed by atoms with Crippen molar-refractivity contribution in [1.82, 2.24) is 25.1 Å². The van der Waals surface area contributed by atoms with E-state index >= 15 is 0 Å². The first-order chi connectivity index (χ1) is 14.2. The minimum atomic E-state index is -0.550. The standard InChI is InChI=1S/C21H25N5O4/c1-12-10-26(20(28)30-21(2,3)4)11-16(12)29-18-14-8-6-5-7-13(14)9-15(22-18)17-23-19(27)25-24-17/h5-9,12,16H,10-11H2,1-4H3,(H2,23,24,25,27). The molecule has 158 valence electrons. The van der Waals surface area contributed by atoms with Crippen LogP contribution < -0.4 is 10.4 Å². The summed E-state index contributed by atoms with van der Waals surface area (Å²) in [6.07, 6.45) is -0.581. The molecular formula is C21H25N5O4. The van der Waals surface area contributed by atoms with E-state index in [1.807, 2.05) is 58.0 Å². The zero-order chi connectivity index (χ0) is 21.5. The maximum atomic E-state index is 12.4. The fourth-order valence-corrected chi connectivity index (χ4v) is 3.48. The smallest absolute Gasteiger partial charge is 0.410 e. The molecule has 2 unspecified atom stereocenters. The Morgan fingerprint density at radius 2 is 2.00 bits per heavy atom. The average Bonchev–Trinajstić information content (AvgIpc) is 3.26. The summed E-state index contributed by atoms with van der Waals surface area (Å²) in [6.45, 7) is 8.53. The summed E-state index contributed by atoms with van der Waals surface area (Å²) in [4.78, 5) is 32.8. The molecule has 1 saturated heterocycles. The lowest BCUT2D eigenvalue weighted by atomic mass is 10.1. The molecule has 1 aliphatic rings. The highest BCUT2D eigenvalue weighted by Gasteiger charge is 2.36. The van der Waals surface area contributed by atoms with Crippen molar-refractivity contribution in [2.24, 2.45) is 5.92 Å². The summed E-state index contributed by atoms with van der Waals surface area (Å²) in [6, 6.07) is 9.56. The van der Waals surface area contributed by atoms with Gasteiger partial charge in [-0.1, -0.05) is 25.1 Å². The van der Waals surface area contributed by atoms with Crippen molar-refractivity contribution in [2.45, 2.75) is 39.4 Å². The second-order valence-electron chi connectivity index (χ2n) is 8.58. The van der Waals surface area contributed by atoms with Crippen LogP contribution in [0.4, 0.5) is 4.79 Å². The van der Waals surface area contributed by atoms with Gasteiger partial charge in [0.05, 0.1) is 6.54 Å². The number of fused-ring (bicyclic) bond motifs is 1. The van der Waals surface area contributed by atoms with Gasteiger partial charge in [0.1, 0.15) is 17.4 Å². The van der Waals surface area contributed by atoms with E-state index in [4.69, 9.17) is 9.47 Å². The molecule has 9 nitrogen and oxygen atoms in total. The number of rotatable bonds is 3. The maximum absolute atomic E-state index is 12.4. The number of H-pyrrole nitrogens is 2. The van der Waals surface area contributed by atoms with Gasteiger partial charge in [0.2, 0.25) is 5.88 Å². The van der Waals surface area contributed by atoms with Crippen LogP contribution in [0.1, 0.15) is 27.7 Å². The molecular weight excluding hydrogens is 386 g/mol. The van der Waals surface area contributed by atoms with Gasteiger partial charge in [-0.3, -0.25) is 4.98 Å². The third-order valence-electron chi connectivity index (χ3n) is 4.91. The van der Waals surface area contributed by atoms with Gasteiger partial charge >= 0.3 is 11.8 Å². The number of carbonyl (C=O) groups is 1. The number of likely N-dealkylation sites (tertiary alicyclic amines) is 1. The Morgan fingerprint density at radius 3 is 2.70 bits per heavy atom. The molecule has 1 amide bonds. The Balaban J connectivity index is 1.62. The van der Waals surface area contributed by atoms with E-state index in [1.54, 1.807) is 4.90 Å². The molecule has 0 radical (unpaired) electrons. The predicted molar refractivity (Wildman–Crippen MR) is 111 cm³/mol. The number of carbonyl (C=O) groups excluding carboxylic acids is 1. The number of benzene rings is 1. The molecule has 1 aliphatic heterocycles. The van der Waals surface area contributed by atoms with Crippen LogP contribution in [0, 0.1) is 5.92 Å². The summed E-state index contributed by atoms with van der Waals surface area (Å²) in [5.41, 5.74) is -0.456. The van der Waals surface area contributed by atoms with Crippen LogP contribution in [0.3, 0.4) is 0 Å². The highest BCUT2D eigenvalue weighted by atomic mass is 16.6. The minimum absolute atomic E-state index is 0.104. The van der Waals surface area contributed by atoms with E-state index in [0.717, 1.165) is 10.8 Å². The van der Waals surface area contributed by atoms with Crippen molar-refractivity contribution in [2.75, 3.05) is 13.1 Å². The third kappa shape index (κ3) is 4.14. The lowest BCUT2D eigenvalue weighted by molar-refractivity contribution is 0.0274. The minimum Gasteiger partial charge on any atom is -0.472 e. The van der Waals surface area contributed by atoms with Crippen LogP contribution in [0.15, 0.2) is 35.1 Å². The SMILES string of the molecule is CC1CN(C(=O)OC(C)(C)C)CC1Oc1nc(-c2n[nH]c(=O)[nH]2)cc2ccccc12. The summed E-state index contributed by atoms with van der Waals surface area (Å²) < 4.78 is 11.8. The van der Waals surface area contributed by atoms with Gasteiger partial charge < -0.3 is 14.4 Å². The van der Waals surface area contributed by atoms with E-state index in [2.05, 4.69) is 20.2 Å². The summed E-state index contributed by atoms with van der Waals surface area (Å²) in [5, 5.41) is 8.08. The number of ether oxygens (including phenoxy) is 2. The quantitative estimate of drug-likeness (QED) is 0.685. The fourth-order valence-electron chi connectivity index (χ4n) is 3.48. The van der Waals surface area contributed by atoms with Crippen molar-refractivity contribution in [3.05, 3.63) is 40.8 Å². The van der Waals surface area contributed by atoms with Gasteiger partial charge in [0, 0.05) is 17.8 Å². The van der Waals surface area contributed by atoms with Gasteiger partial charge in [0.25, 0.3) is 0 Å². The molecule has 2 aromatic heterocycles.